The molecular weight excluding hydrogens is 186 g/mol. The van der Waals surface area contributed by atoms with Gasteiger partial charge in [0, 0.05) is 12.6 Å². The van der Waals surface area contributed by atoms with E-state index >= 15 is 0 Å². The SMILES string of the molecule is CCCCCCCOC1CCCC1NC. The maximum absolute atomic E-state index is 5.92. The summed E-state index contributed by atoms with van der Waals surface area (Å²) in [4.78, 5) is 0. The first-order chi connectivity index (χ1) is 7.38. The molecule has 2 unspecified atom stereocenters. The second-order valence-electron chi connectivity index (χ2n) is 4.65. The van der Waals surface area contributed by atoms with E-state index in [0.29, 0.717) is 12.1 Å². The monoisotopic (exact) mass is 213 g/mol. The van der Waals surface area contributed by atoms with Crippen molar-refractivity contribution in [3.8, 4) is 0 Å². The van der Waals surface area contributed by atoms with Gasteiger partial charge in [-0.15, -0.1) is 0 Å². The van der Waals surface area contributed by atoms with Crippen LogP contribution in [0.5, 0.6) is 0 Å². The van der Waals surface area contributed by atoms with Crippen LogP contribution in [0.4, 0.5) is 0 Å². The smallest absolute Gasteiger partial charge is 0.0727 e. The molecule has 2 nitrogen and oxygen atoms in total. The van der Waals surface area contributed by atoms with Crippen molar-refractivity contribution in [3.63, 3.8) is 0 Å². The maximum atomic E-state index is 5.92. The molecule has 0 aliphatic heterocycles. The largest absolute Gasteiger partial charge is 0.377 e. The minimum Gasteiger partial charge on any atom is -0.377 e. The van der Waals surface area contributed by atoms with Crippen LogP contribution >= 0.6 is 0 Å². The predicted molar refractivity (Wildman–Crippen MR) is 65.2 cm³/mol. The highest BCUT2D eigenvalue weighted by Crippen LogP contribution is 2.22. The van der Waals surface area contributed by atoms with E-state index in [0.717, 1.165) is 6.61 Å². The van der Waals surface area contributed by atoms with Crippen LogP contribution < -0.4 is 5.32 Å². The van der Waals surface area contributed by atoms with Gasteiger partial charge in [0.2, 0.25) is 0 Å². The molecule has 1 aliphatic carbocycles. The van der Waals surface area contributed by atoms with Gasteiger partial charge in [-0.1, -0.05) is 32.6 Å². The first-order valence-corrected chi connectivity index (χ1v) is 6.67. The third-order valence-corrected chi connectivity index (χ3v) is 3.40. The lowest BCUT2D eigenvalue weighted by Gasteiger charge is -2.19. The Labute approximate surface area is 94.8 Å². The molecule has 0 aromatic heterocycles. The Morgan fingerprint density at radius 2 is 1.93 bits per heavy atom. The first-order valence-electron chi connectivity index (χ1n) is 6.67. The quantitative estimate of drug-likeness (QED) is 0.626. The summed E-state index contributed by atoms with van der Waals surface area (Å²) in [7, 11) is 2.05. The molecule has 1 N–H and O–H groups in total. The summed E-state index contributed by atoms with van der Waals surface area (Å²) in [5.74, 6) is 0. The number of ether oxygens (including phenoxy) is 1. The number of hydrogen-bond acceptors (Lipinski definition) is 2. The zero-order valence-corrected chi connectivity index (χ0v) is 10.4. The van der Waals surface area contributed by atoms with Gasteiger partial charge >= 0.3 is 0 Å². The van der Waals surface area contributed by atoms with Crippen molar-refractivity contribution in [2.45, 2.75) is 70.4 Å². The minimum atomic E-state index is 0.487. The number of hydrogen-bond donors (Lipinski definition) is 1. The second kappa shape index (κ2) is 8.12. The molecule has 0 amide bonds. The predicted octanol–water partition coefficient (Wildman–Crippen LogP) is 3.11. The molecule has 0 saturated heterocycles. The van der Waals surface area contributed by atoms with Crippen LogP contribution in [0.3, 0.4) is 0 Å². The summed E-state index contributed by atoms with van der Waals surface area (Å²) >= 11 is 0. The summed E-state index contributed by atoms with van der Waals surface area (Å²) in [6, 6.07) is 0.612. The summed E-state index contributed by atoms with van der Waals surface area (Å²) in [6.07, 6.45) is 11.0. The molecule has 2 atom stereocenters. The fourth-order valence-corrected chi connectivity index (χ4v) is 2.40. The molecule has 0 heterocycles. The molecule has 0 aromatic carbocycles. The van der Waals surface area contributed by atoms with E-state index in [2.05, 4.69) is 12.2 Å². The molecule has 1 saturated carbocycles. The summed E-state index contributed by atoms with van der Waals surface area (Å²) in [5, 5.41) is 3.35. The van der Waals surface area contributed by atoms with E-state index in [1.54, 1.807) is 0 Å². The van der Waals surface area contributed by atoms with Crippen LogP contribution in [0.25, 0.3) is 0 Å². The third-order valence-electron chi connectivity index (χ3n) is 3.40. The van der Waals surface area contributed by atoms with Crippen LogP contribution in [0.2, 0.25) is 0 Å². The van der Waals surface area contributed by atoms with Crippen molar-refractivity contribution < 1.29 is 4.74 Å². The third kappa shape index (κ3) is 4.98. The highest BCUT2D eigenvalue weighted by molar-refractivity contribution is 4.82. The summed E-state index contributed by atoms with van der Waals surface area (Å²) in [5.41, 5.74) is 0. The topological polar surface area (TPSA) is 21.3 Å². The number of nitrogens with one attached hydrogen (secondary N) is 1. The zero-order chi connectivity index (χ0) is 10.9. The van der Waals surface area contributed by atoms with Gasteiger partial charge in [-0.3, -0.25) is 0 Å². The van der Waals surface area contributed by atoms with Crippen molar-refractivity contribution in [1.29, 1.82) is 0 Å². The number of rotatable bonds is 8. The molecule has 0 spiro atoms. The fraction of sp³-hybridized carbons (Fsp3) is 1.00. The molecular formula is C13H27NO. The number of unbranched alkanes of at least 4 members (excludes halogenated alkanes) is 4. The van der Waals surface area contributed by atoms with Crippen molar-refractivity contribution >= 4 is 0 Å². The van der Waals surface area contributed by atoms with Crippen LogP contribution in [-0.2, 0) is 4.74 Å². The Balaban J connectivity index is 1.95. The van der Waals surface area contributed by atoms with Crippen molar-refractivity contribution in [3.05, 3.63) is 0 Å². The maximum Gasteiger partial charge on any atom is 0.0727 e. The van der Waals surface area contributed by atoms with Gasteiger partial charge in [-0.05, 0) is 32.7 Å². The lowest BCUT2D eigenvalue weighted by atomic mass is 10.1. The number of likely N-dealkylation sites (N-methyl/N-ethyl adjacent to an activating group) is 1. The Kier molecular flexibility index (Phi) is 7.03. The zero-order valence-electron chi connectivity index (χ0n) is 10.4. The average Bonchev–Trinajstić information content (AvgIpc) is 2.70. The molecule has 90 valence electrons. The molecule has 1 aliphatic rings. The van der Waals surface area contributed by atoms with Gasteiger partial charge in [0.1, 0.15) is 0 Å². The minimum absolute atomic E-state index is 0.487. The van der Waals surface area contributed by atoms with Gasteiger partial charge in [0.05, 0.1) is 6.10 Å². The van der Waals surface area contributed by atoms with Crippen LogP contribution in [0, 0.1) is 0 Å². The molecule has 1 rings (SSSR count). The fourth-order valence-electron chi connectivity index (χ4n) is 2.40. The van der Waals surface area contributed by atoms with E-state index < -0.39 is 0 Å². The first kappa shape index (κ1) is 13.0. The molecule has 0 aromatic rings. The Hall–Kier alpha value is -0.0800. The second-order valence-corrected chi connectivity index (χ2v) is 4.65. The van der Waals surface area contributed by atoms with E-state index in [1.165, 1.54) is 51.4 Å². The van der Waals surface area contributed by atoms with Gasteiger partial charge < -0.3 is 10.1 Å². The normalized spacial score (nSPS) is 26.0. The van der Waals surface area contributed by atoms with Crippen molar-refractivity contribution in [1.82, 2.24) is 5.32 Å². The van der Waals surface area contributed by atoms with Gasteiger partial charge in [0.25, 0.3) is 0 Å². The molecule has 15 heavy (non-hydrogen) atoms. The van der Waals surface area contributed by atoms with Gasteiger partial charge in [0.15, 0.2) is 0 Å². The van der Waals surface area contributed by atoms with Crippen molar-refractivity contribution in [2.75, 3.05) is 13.7 Å². The highest BCUT2D eigenvalue weighted by Gasteiger charge is 2.25. The molecule has 1 fully saturated rings. The van der Waals surface area contributed by atoms with E-state index in [4.69, 9.17) is 4.74 Å². The standard InChI is InChI=1S/C13H27NO/c1-3-4-5-6-7-11-15-13-10-8-9-12(13)14-2/h12-14H,3-11H2,1-2H3. The van der Waals surface area contributed by atoms with E-state index in [-0.39, 0.29) is 0 Å². The molecule has 0 bridgehead atoms. The summed E-state index contributed by atoms with van der Waals surface area (Å²) in [6.45, 7) is 3.22. The van der Waals surface area contributed by atoms with Crippen LogP contribution in [0.15, 0.2) is 0 Å². The average molecular weight is 213 g/mol. The Bertz CT molecular complexity index is 149. The molecule has 2 heteroatoms. The van der Waals surface area contributed by atoms with Crippen LogP contribution in [-0.4, -0.2) is 25.8 Å². The van der Waals surface area contributed by atoms with Crippen molar-refractivity contribution in [2.24, 2.45) is 0 Å². The van der Waals surface area contributed by atoms with E-state index in [1.807, 2.05) is 7.05 Å². The highest BCUT2D eigenvalue weighted by atomic mass is 16.5. The van der Waals surface area contributed by atoms with Gasteiger partial charge in [-0.2, -0.15) is 0 Å². The van der Waals surface area contributed by atoms with Crippen LogP contribution in [0.1, 0.15) is 58.3 Å². The molecule has 0 radical (unpaired) electrons. The lowest BCUT2D eigenvalue weighted by molar-refractivity contribution is 0.0392. The van der Waals surface area contributed by atoms with Gasteiger partial charge in [-0.25, -0.2) is 0 Å². The summed E-state index contributed by atoms with van der Waals surface area (Å²) < 4.78 is 5.92. The Morgan fingerprint density at radius 3 is 2.67 bits per heavy atom. The lowest BCUT2D eigenvalue weighted by Crippen LogP contribution is -2.34. The Morgan fingerprint density at radius 1 is 1.13 bits per heavy atom. The van der Waals surface area contributed by atoms with E-state index in [9.17, 15) is 0 Å².